The summed E-state index contributed by atoms with van der Waals surface area (Å²) in [6.45, 7) is 0.0725. The minimum atomic E-state index is -4.72. The number of urea groups is 2. The molecule has 41 heavy (non-hydrogen) atoms. The molecule has 228 valence electrons. The fourth-order valence-electron chi connectivity index (χ4n) is 3.24. The van der Waals surface area contributed by atoms with Gasteiger partial charge in [0.1, 0.15) is 0 Å². The fraction of sp³-hybridized carbons (Fsp3) is 0.455. The summed E-state index contributed by atoms with van der Waals surface area (Å²) in [6, 6.07) is 2.45. The quantitative estimate of drug-likeness (QED) is 0.346. The highest BCUT2D eigenvalue weighted by atomic mass is 35.5. The first-order valence-corrected chi connectivity index (χ1v) is 11.9. The number of aliphatic hydroxyl groups is 1. The monoisotopic (exact) mass is 636 g/mol. The molecule has 0 radical (unpaired) electrons. The second-order valence-electron chi connectivity index (χ2n) is 8.32. The zero-order valence-electron chi connectivity index (χ0n) is 21.7. The van der Waals surface area contributed by atoms with Crippen LogP contribution >= 0.6 is 23.2 Å². The van der Waals surface area contributed by atoms with E-state index < -0.39 is 64.1 Å². The Balaban J connectivity index is 0.000000289. The lowest BCUT2D eigenvalue weighted by Gasteiger charge is -2.22. The first kappa shape index (κ1) is 34.1. The molecule has 0 saturated carbocycles. The van der Waals surface area contributed by atoms with Gasteiger partial charge in [-0.25, -0.2) is 14.5 Å². The van der Waals surface area contributed by atoms with E-state index in [2.05, 4.69) is 15.5 Å². The average molecular weight is 637 g/mol. The lowest BCUT2D eigenvalue weighted by molar-refractivity contribution is -0.138. The van der Waals surface area contributed by atoms with Crippen molar-refractivity contribution < 1.29 is 50.5 Å². The molecule has 0 aliphatic carbocycles. The molecule has 1 atom stereocenters. The third-order valence-corrected chi connectivity index (χ3v) is 5.98. The number of ether oxygens (including phenoxy) is 2. The maximum absolute atomic E-state index is 12.7. The summed E-state index contributed by atoms with van der Waals surface area (Å²) in [7, 11) is 5.68. The highest BCUT2D eigenvalue weighted by Gasteiger charge is 2.40. The minimum Gasteiger partial charge on any atom is -0.371 e. The molecule has 1 aliphatic heterocycles. The zero-order chi connectivity index (χ0) is 31.3. The van der Waals surface area contributed by atoms with Gasteiger partial charge >= 0.3 is 24.4 Å². The summed E-state index contributed by atoms with van der Waals surface area (Å²) in [6.07, 6.45) is -11.2. The molecule has 1 aliphatic rings. The lowest BCUT2D eigenvalue weighted by atomic mass is 10.2. The van der Waals surface area contributed by atoms with E-state index >= 15 is 0 Å². The highest BCUT2D eigenvalue weighted by Crippen LogP contribution is 2.37. The minimum absolute atomic E-state index is 0.0139. The number of aromatic nitrogens is 2. The van der Waals surface area contributed by atoms with Crippen molar-refractivity contribution in [3.63, 3.8) is 0 Å². The number of methoxy groups -OCH3 is 2. The van der Waals surface area contributed by atoms with Crippen molar-refractivity contribution in [3.8, 4) is 0 Å². The first-order valence-electron chi connectivity index (χ1n) is 11.2. The maximum atomic E-state index is 12.7. The number of hydrogen-bond acceptors (Lipinski definition) is 7. The molecule has 11 nitrogen and oxygen atoms in total. The Morgan fingerprint density at radius 1 is 1.12 bits per heavy atom. The van der Waals surface area contributed by atoms with Crippen molar-refractivity contribution in [1.82, 2.24) is 20.0 Å². The van der Waals surface area contributed by atoms with Crippen LogP contribution in [0.15, 0.2) is 24.3 Å². The van der Waals surface area contributed by atoms with Crippen molar-refractivity contribution in [2.75, 3.05) is 51.6 Å². The number of aliphatic hydroxyl groups excluding tert-OH is 1. The number of nitrogens with zero attached hydrogens (tertiary/aromatic N) is 5. The van der Waals surface area contributed by atoms with Crippen LogP contribution < -0.4 is 10.2 Å². The fourth-order valence-corrected chi connectivity index (χ4v) is 3.66. The highest BCUT2D eigenvalue weighted by molar-refractivity contribution is 6.31. The van der Waals surface area contributed by atoms with Crippen LogP contribution in [-0.4, -0.2) is 91.1 Å². The predicted octanol–water partition coefficient (Wildman–Crippen LogP) is 4.78. The van der Waals surface area contributed by atoms with Crippen molar-refractivity contribution in [2.24, 2.45) is 0 Å². The van der Waals surface area contributed by atoms with Gasteiger partial charge in [0.2, 0.25) is 0 Å². The molecule has 4 amide bonds. The molecular weight excluding hydrogens is 613 g/mol. The summed E-state index contributed by atoms with van der Waals surface area (Å²) in [5, 5.41) is 17.3. The number of benzene rings is 1. The van der Waals surface area contributed by atoms with E-state index in [9.17, 15) is 41.0 Å². The second-order valence-corrected chi connectivity index (χ2v) is 9.09. The Morgan fingerprint density at radius 3 is 2.20 bits per heavy atom. The van der Waals surface area contributed by atoms with E-state index in [1.54, 1.807) is 0 Å². The largest absolute Gasteiger partial charge is 0.419 e. The lowest BCUT2D eigenvalue weighted by Crippen LogP contribution is -2.38. The number of likely N-dealkylation sites (N-methyl/N-ethyl adjacent to an activating group) is 2. The predicted molar refractivity (Wildman–Crippen MR) is 134 cm³/mol. The number of carbonyl (C=O) groups is 2. The molecule has 1 saturated heterocycles. The van der Waals surface area contributed by atoms with Crippen LogP contribution in [0.3, 0.4) is 0 Å². The van der Waals surface area contributed by atoms with E-state index in [0.717, 1.165) is 21.9 Å². The van der Waals surface area contributed by atoms with Crippen molar-refractivity contribution >= 4 is 46.8 Å². The second kappa shape index (κ2) is 13.7. The van der Waals surface area contributed by atoms with Crippen LogP contribution in [0.1, 0.15) is 11.1 Å². The van der Waals surface area contributed by atoms with Crippen LogP contribution in [-0.2, 0) is 21.8 Å². The van der Waals surface area contributed by atoms with E-state index in [-0.39, 0.29) is 18.8 Å². The summed E-state index contributed by atoms with van der Waals surface area (Å²) in [4.78, 5) is 26.7. The van der Waals surface area contributed by atoms with Gasteiger partial charge in [-0.2, -0.15) is 26.3 Å². The molecule has 0 bridgehead atoms. The molecule has 0 spiro atoms. The number of anilines is 2. The Hall–Kier alpha value is -3.12. The van der Waals surface area contributed by atoms with Crippen LogP contribution in [0, 0.1) is 0 Å². The summed E-state index contributed by atoms with van der Waals surface area (Å²) < 4.78 is 86.1. The van der Waals surface area contributed by atoms with Gasteiger partial charge in [0, 0.05) is 34.0 Å². The number of hydrogen-bond donors (Lipinski definition) is 2. The molecule has 1 unspecified atom stereocenters. The van der Waals surface area contributed by atoms with Crippen molar-refractivity contribution in [1.29, 1.82) is 0 Å². The van der Waals surface area contributed by atoms with Gasteiger partial charge < -0.3 is 29.7 Å². The van der Waals surface area contributed by atoms with Gasteiger partial charge in [-0.1, -0.05) is 23.2 Å². The molecule has 2 heterocycles. The molecule has 19 heteroatoms. The topological polar surface area (TPSA) is 120 Å². The van der Waals surface area contributed by atoms with E-state index in [1.165, 1.54) is 39.3 Å². The maximum Gasteiger partial charge on any atom is 0.419 e. The number of amides is 4. The third kappa shape index (κ3) is 8.93. The Morgan fingerprint density at radius 2 is 1.71 bits per heavy atom. The number of rotatable bonds is 6. The number of β-amino-alcohol motifs (C(OH)–C–C–N with tert-alkyl or cyclic N) is 1. The van der Waals surface area contributed by atoms with Gasteiger partial charge in [-0.15, -0.1) is 10.2 Å². The average Bonchev–Trinajstić information content (AvgIpc) is 3.13. The van der Waals surface area contributed by atoms with Gasteiger partial charge in [0.25, 0.3) is 0 Å². The van der Waals surface area contributed by atoms with Gasteiger partial charge in [-0.05, 0) is 24.3 Å². The van der Waals surface area contributed by atoms with Gasteiger partial charge in [0.05, 0.1) is 29.2 Å². The van der Waals surface area contributed by atoms with E-state index in [1.807, 2.05) is 0 Å². The molecule has 1 aromatic heterocycles. The third-order valence-electron chi connectivity index (χ3n) is 5.37. The summed E-state index contributed by atoms with van der Waals surface area (Å²) in [5.74, 6) is -0.404. The first-order chi connectivity index (χ1) is 18.9. The SMILES string of the molecule is CN1CC(O)N(c2cc(C(F)(F)F)c(Cl)nn2)C1=O.COC(CN(C)C(=O)Nc1ccc(Cl)c(C(F)(F)F)c1)OC. The van der Waals surface area contributed by atoms with Crippen LogP contribution in [0.2, 0.25) is 10.2 Å². The van der Waals surface area contributed by atoms with E-state index in [4.69, 9.17) is 32.7 Å². The summed E-state index contributed by atoms with van der Waals surface area (Å²) >= 11 is 10.8. The smallest absolute Gasteiger partial charge is 0.371 e. The van der Waals surface area contributed by atoms with Crippen molar-refractivity contribution in [2.45, 2.75) is 24.9 Å². The van der Waals surface area contributed by atoms with Crippen LogP contribution in [0.25, 0.3) is 0 Å². The number of carbonyl (C=O) groups excluding carboxylic acids is 2. The zero-order valence-corrected chi connectivity index (χ0v) is 23.2. The Labute approximate surface area is 239 Å². The van der Waals surface area contributed by atoms with Crippen LogP contribution in [0.5, 0.6) is 0 Å². The number of alkyl halides is 6. The Bertz CT molecular complexity index is 1230. The number of nitrogens with one attached hydrogen (secondary N) is 1. The van der Waals surface area contributed by atoms with E-state index in [0.29, 0.717) is 6.07 Å². The normalized spacial score (nSPS) is 15.7. The summed E-state index contributed by atoms with van der Waals surface area (Å²) in [5.41, 5.74) is -2.24. The molecule has 2 N–H and O–H groups in total. The van der Waals surface area contributed by atoms with Crippen LogP contribution in [0.4, 0.5) is 47.4 Å². The molecule has 1 fully saturated rings. The van der Waals surface area contributed by atoms with Crippen molar-refractivity contribution in [3.05, 3.63) is 45.6 Å². The van der Waals surface area contributed by atoms with Gasteiger partial charge in [-0.3, -0.25) is 0 Å². The number of halogens is 8. The Kier molecular flexibility index (Phi) is 11.4. The van der Waals surface area contributed by atoms with Gasteiger partial charge in [0.15, 0.2) is 23.5 Å². The standard InChI is InChI=1S/C13H16ClF3N2O3.C9H8ClF3N4O2/c1-19(7-11(21-2)22-3)12(20)18-8-4-5-10(14)9(6-8)13(15,16)17;1-16-3-6(18)17(8(16)19)5-2-4(9(11,12)13)7(10)15-14-5/h4-6,11H,7H2,1-3H3,(H,18,20);2,6,18H,3H2,1H3. The molecule has 1 aromatic carbocycles. The molecule has 3 rings (SSSR count). The molecule has 2 aromatic rings. The molecular formula is C22H24Cl2F6N6O5.